The van der Waals surface area contributed by atoms with Crippen LogP contribution in [-0.2, 0) is 20.4 Å². The predicted molar refractivity (Wildman–Crippen MR) is 174 cm³/mol. The van der Waals surface area contributed by atoms with Gasteiger partial charge in [0.2, 0.25) is 0 Å². The van der Waals surface area contributed by atoms with Gasteiger partial charge in [-0.3, -0.25) is 9.69 Å². The fourth-order valence-corrected chi connectivity index (χ4v) is 6.11. The van der Waals surface area contributed by atoms with Gasteiger partial charge in [0, 0.05) is 57.4 Å². The number of hydrogen-bond donors (Lipinski definition) is 1. The van der Waals surface area contributed by atoms with Gasteiger partial charge in [-0.05, 0) is 38.1 Å². The lowest BCUT2D eigenvalue weighted by Gasteiger charge is -2.39. The number of methoxy groups -OCH3 is 1. The average Bonchev–Trinajstić information content (AvgIpc) is 3.44. The monoisotopic (exact) mass is 672 g/mol. The van der Waals surface area contributed by atoms with E-state index in [1.165, 1.54) is 6.07 Å². The molecule has 1 aromatic carbocycles. The number of fused-ring (bicyclic) bond motifs is 1. The van der Waals surface area contributed by atoms with E-state index in [0.717, 1.165) is 12.1 Å². The fourth-order valence-electron chi connectivity index (χ4n) is 6.11. The quantitative estimate of drug-likeness (QED) is 0.164. The summed E-state index contributed by atoms with van der Waals surface area (Å²) in [5.74, 6) is -0.549. The summed E-state index contributed by atoms with van der Waals surface area (Å²) in [5.41, 5.74) is 0.548. The molecule has 3 aromatic heterocycles. The molecular formula is C33H40F4N8O3. The zero-order valence-electron chi connectivity index (χ0n) is 27.9. The molecule has 0 aliphatic carbocycles. The lowest BCUT2D eigenvalue weighted by molar-refractivity contribution is -0.144. The average molecular weight is 673 g/mol. The highest BCUT2D eigenvalue weighted by molar-refractivity contribution is 5.91. The van der Waals surface area contributed by atoms with Crippen molar-refractivity contribution in [2.75, 3.05) is 69.9 Å². The Balaban J connectivity index is 1.47. The van der Waals surface area contributed by atoms with E-state index in [1.54, 1.807) is 32.5 Å². The van der Waals surface area contributed by atoms with Crippen LogP contribution in [0.15, 0.2) is 36.7 Å². The van der Waals surface area contributed by atoms with Crippen LogP contribution in [-0.4, -0.2) is 102 Å². The maximum absolute atomic E-state index is 14.1. The number of benzene rings is 1. The Hall–Kier alpha value is -4.37. The first kappa shape index (κ1) is 35.0. The van der Waals surface area contributed by atoms with E-state index in [-0.39, 0.29) is 40.9 Å². The number of pyridine rings is 1. The van der Waals surface area contributed by atoms with Gasteiger partial charge in [-0.2, -0.15) is 13.2 Å². The van der Waals surface area contributed by atoms with E-state index in [9.17, 15) is 22.4 Å². The molecule has 1 aliphatic rings. The van der Waals surface area contributed by atoms with E-state index in [2.05, 4.69) is 41.6 Å². The van der Waals surface area contributed by atoms with Crippen molar-refractivity contribution in [1.29, 1.82) is 0 Å². The Morgan fingerprint density at radius 3 is 2.52 bits per heavy atom. The van der Waals surface area contributed by atoms with Gasteiger partial charge in [0.05, 0.1) is 49.1 Å². The van der Waals surface area contributed by atoms with Crippen LogP contribution in [0, 0.1) is 11.2 Å². The molecule has 0 saturated carbocycles. The number of esters is 1. The molecule has 1 N–H and O–H groups in total. The largest absolute Gasteiger partial charge is 0.465 e. The number of rotatable bonds is 11. The molecule has 0 radical (unpaired) electrons. The summed E-state index contributed by atoms with van der Waals surface area (Å²) >= 11 is 0. The molecule has 0 spiro atoms. The minimum absolute atomic E-state index is 0.0759. The van der Waals surface area contributed by atoms with Gasteiger partial charge in [-0.15, -0.1) is 0 Å². The molecule has 1 aliphatic heterocycles. The number of carbonyl (C=O) groups is 1. The number of hydrogen-bond acceptors (Lipinski definition) is 10. The zero-order valence-corrected chi connectivity index (χ0v) is 27.9. The fraction of sp³-hybridized carbons (Fsp3) is 0.485. The van der Waals surface area contributed by atoms with Crippen molar-refractivity contribution in [3.8, 4) is 22.8 Å². The minimum Gasteiger partial charge on any atom is -0.465 e. The first-order valence-corrected chi connectivity index (χ1v) is 15.6. The highest BCUT2D eigenvalue weighted by Crippen LogP contribution is 2.37. The molecule has 48 heavy (non-hydrogen) atoms. The van der Waals surface area contributed by atoms with Gasteiger partial charge in [0.1, 0.15) is 22.8 Å². The third-order valence-electron chi connectivity index (χ3n) is 8.16. The maximum Gasteiger partial charge on any atom is 0.419 e. The first-order valence-electron chi connectivity index (χ1n) is 15.6. The van der Waals surface area contributed by atoms with Crippen molar-refractivity contribution in [3.05, 3.63) is 48.0 Å². The smallest absolute Gasteiger partial charge is 0.419 e. The summed E-state index contributed by atoms with van der Waals surface area (Å²) in [6.45, 7) is 11.5. The van der Waals surface area contributed by atoms with Crippen LogP contribution in [0.2, 0.25) is 0 Å². The molecule has 258 valence electrons. The van der Waals surface area contributed by atoms with Gasteiger partial charge in [0.25, 0.3) is 0 Å². The van der Waals surface area contributed by atoms with E-state index >= 15 is 0 Å². The zero-order chi connectivity index (χ0) is 34.8. The number of carbonyl (C=O) groups excluding carboxylic acids is 1. The second kappa shape index (κ2) is 14.0. The molecular weight excluding hydrogens is 632 g/mol. The summed E-state index contributed by atoms with van der Waals surface area (Å²) < 4.78 is 65.3. The summed E-state index contributed by atoms with van der Waals surface area (Å²) in [6.07, 6.45) is -1.60. The number of piperazine rings is 1. The van der Waals surface area contributed by atoms with Crippen molar-refractivity contribution >= 4 is 28.6 Å². The van der Waals surface area contributed by atoms with Crippen LogP contribution >= 0.6 is 0 Å². The van der Waals surface area contributed by atoms with Crippen LogP contribution in [0.4, 0.5) is 29.1 Å². The third-order valence-corrected chi connectivity index (χ3v) is 8.16. The second-order valence-corrected chi connectivity index (χ2v) is 12.8. The number of halogens is 4. The first-order chi connectivity index (χ1) is 22.7. The number of nitrogens with one attached hydrogen (secondary N) is 1. The van der Waals surface area contributed by atoms with Crippen LogP contribution in [0.1, 0.15) is 33.3 Å². The number of imidazole rings is 1. The molecule has 5 rings (SSSR count). The topological polar surface area (TPSA) is 113 Å². The van der Waals surface area contributed by atoms with E-state index in [1.807, 2.05) is 25.8 Å². The molecule has 1 atom stereocenters. The number of H-pyrrole nitrogens is 1. The Morgan fingerprint density at radius 2 is 1.88 bits per heavy atom. The van der Waals surface area contributed by atoms with Gasteiger partial charge < -0.3 is 24.3 Å². The number of nitrogens with zero attached hydrogens (tertiary/aromatic N) is 7. The van der Waals surface area contributed by atoms with Crippen LogP contribution in [0.5, 0.6) is 0 Å². The van der Waals surface area contributed by atoms with Gasteiger partial charge >= 0.3 is 12.1 Å². The number of ether oxygens (including phenoxy) is 2. The molecule has 1 saturated heterocycles. The lowest BCUT2D eigenvalue weighted by Crippen LogP contribution is -2.53. The third kappa shape index (κ3) is 7.84. The standard InChI is InChI=1S/C33H40F4N8O3/c1-7-48-28(46)17-44-10-11-45(20(2)16-44)27-15-38-25(14-39-27)30-41-29-26(43(5)18-32(3,4)19-47-6)13-24(40-31(29)42-30)21-8-9-23(34)22(12-21)33(35,36)37/h8-9,12-15,20H,7,10-11,16-19H2,1-6H3,(H,40,41,42)/t20-/m1/s1. The van der Waals surface area contributed by atoms with Crippen LogP contribution in [0.25, 0.3) is 33.9 Å². The molecule has 11 nitrogen and oxygen atoms in total. The molecule has 0 unspecified atom stereocenters. The SMILES string of the molecule is CCOC(=O)CN1CCN(c2cnc(-c3nc4nc(-c5ccc(F)c(C(F)(F)F)c5)cc(N(C)CC(C)(C)COC)c4[nH]3)cn2)[C@H](C)C1. The molecule has 0 bridgehead atoms. The Labute approximate surface area is 276 Å². The number of aromatic nitrogens is 5. The normalized spacial score (nSPS) is 16.0. The predicted octanol–water partition coefficient (Wildman–Crippen LogP) is 5.42. The summed E-state index contributed by atoms with van der Waals surface area (Å²) in [7, 11) is 3.49. The van der Waals surface area contributed by atoms with Gasteiger partial charge in [0.15, 0.2) is 11.5 Å². The summed E-state index contributed by atoms with van der Waals surface area (Å²) in [4.78, 5) is 39.9. The van der Waals surface area contributed by atoms with Crippen molar-refractivity contribution < 1.29 is 31.8 Å². The summed E-state index contributed by atoms with van der Waals surface area (Å²) in [5, 5.41) is 0. The highest BCUT2D eigenvalue weighted by Gasteiger charge is 2.35. The maximum atomic E-state index is 14.1. The highest BCUT2D eigenvalue weighted by atomic mass is 19.4. The molecule has 4 heterocycles. The number of aromatic amines is 1. The van der Waals surface area contributed by atoms with Crippen molar-refractivity contribution in [2.24, 2.45) is 5.41 Å². The Morgan fingerprint density at radius 1 is 1.10 bits per heavy atom. The molecule has 4 aromatic rings. The Bertz CT molecular complexity index is 1750. The van der Waals surface area contributed by atoms with E-state index in [0.29, 0.717) is 67.9 Å². The van der Waals surface area contributed by atoms with Crippen LogP contribution < -0.4 is 9.80 Å². The minimum atomic E-state index is -4.87. The van der Waals surface area contributed by atoms with E-state index < -0.39 is 17.6 Å². The summed E-state index contributed by atoms with van der Waals surface area (Å²) in [6, 6.07) is 4.57. The van der Waals surface area contributed by atoms with E-state index in [4.69, 9.17) is 9.47 Å². The van der Waals surface area contributed by atoms with Gasteiger partial charge in [-0.25, -0.2) is 24.3 Å². The van der Waals surface area contributed by atoms with Crippen LogP contribution in [0.3, 0.4) is 0 Å². The number of alkyl halides is 3. The second-order valence-electron chi connectivity index (χ2n) is 12.8. The number of anilines is 2. The van der Waals surface area contributed by atoms with Gasteiger partial charge in [-0.1, -0.05) is 13.8 Å². The van der Waals surface area contributed by atoms with Crippen molar-refractivity contribution in [3.63, 3.8) is 0 Å². The molecule has 0 amide bonds. The lowest BCUT2D eigenvalue weighted by atomic mass is 9.94. The molecule has 1 fully saturated rings. The van der Waals surface area contributed by atoms with Crippen molar-refractivity contribution in [1.82, 2.24) is 29.8 Å². The van der Waals surface area contributed by atoms with Crippen molar-refractivity contribution in [2.45, 2.75) is 39.9 Å². The Kier molecular flexibility index (Phi) is 10.2. The molecule has 15 heteroatoms.